The van der Waals surface area contributed by atoms with Crippen LogP contribution in [0.3, 0.4) is 0 Å². The third-order valence-electron chi connectivity index (χ3n) is 8.46. The summed E-state index contributed by atoms with van der Waals surface area (Å²) in [6, 6.07) is 31.7. The Balaban J connectivity index is 0.000000162. The Hall–Kier alpha value is -2.98. The van der Waals surface area contributed by atoms with Gasteiger partial charge in [-0.15, -0.1) is 83.0 Å². The fourth-order valence-electron chi connectivity index (χ4n) is 6.65. The zero-order valence-electron chi connectivity index (χ0n) is 23.6. The number of rotatable bonds is 2. The maximum absolute atomic E-state index is 5.01. The molecule has 2 aliphatic heterocycles. The summed E-state index contributed by atoms with van der Waals surface area (Å²) in [5.74, 6) is 1.73. The molecule has 1 unspecified atom stereocenters. The molecule has 1 atom stereocenters. The van der Waals surface area contributed by atoms with Crippen LogP contribution in [0.1, 0.15) is 62.8 Å². The minimum atomic E-state index is -0.0833. The molecule has 1 radical (unpaired) electrons. The molecule has 8 rings (SSSR count). The normalized spacial score (nSPS) is 18.4. The number of hydrogen-bond donors (Lipinski definition) is 0. The van der Waals surface area contributed by atoms with Crippen molar-refractivity contribution in [2.75, 3.05) is 0 Å². The fraction of sp³-hybridized carbons (Fsp3) is 0.278. The molecule has 2 aromatic heterocycles. The molecule has 3 aliphatic rings. The molecule has 0 saturated heterocycles. The standard InChI is InChI=1S/C23H23N2.C13H10NS.Ir/c1-23(2)15-19(16-9-6-7-10-16)18-13-8-14-20-21(18)25(23)22(24-20)17-11-4-3-5-12-17;1-9-10-5-2-3-6-11(10)13-12(15-9)7-4-8-14-13;/h3-5,8,11,13-16H,6-7,9-10H2,1-2H3;2-5,7-9H,1H3;/q2*-1;. The fourth-order valence-corrected chi connectivity index (χ4v) is 7.78. The van der Waals surface area contributed by atoms with Crippen LogP contribution < -0.4 is 0 Å². The molecule has 5 aromatic rings. The second-order valence-corrected chi connectivity index (χ2v) is 12.9. The third kappa shape index (κ3) is 5.03. The monoisotopic (exact) mass is 732 g/mol. The van der Waals surface area contributed by atoms with Crippen molar-refractivity contribution in [2.24, 2.45) is 5.92 Å². The number of fused-ring (bicyclic) bond motifs is 3. The molecule has 1 saturated carbocycles. The number of aromatic nitrogens is 3. The molecular weight excluding hydrogens is 699 g/mol. The molecule has 0 amide bonds. The Labute approximate surface area is 260 Å². The molecule has 1 fully saturated rings. The second-order valence-electron chi connectivity index (χ2n) is 11.6. The van der Waals surface area contributed by atoms with Gasteiger partial charge in [-0.05, 0) is 60.5 Å². The molecule has 4 heterocycles. The van der Waals surface area contributed by atoms with Gasteiger partial charge in [0.2, 0.25) is 0 Å². The number of allylic oxidation sites excluding steroid dienone is 2. The zero-order valence-corrected chi connectivity index (χ0v) is 26.9. The maximum atomic E-state index is 5.01. The Bertz CT molecular complexity index is 1730. The van der Waals surface area contributed by atoms with Crippen molar-refractivity contribution in [3.8, 4) is 22.6 Å². The van der Waals surface area contributed by atoms with E-state index >= 15 is 0 Å². The van der Waals surface area contributed by atoms with Crippen molar-refractivity contribution in [1.82, 2.24) is 14.5 Å². The third-order valence-corrected chi connectivity index (χ3v) is 9.65. The first-order valence-electron chi connectivity index (χ1n) is 14.4. The SMILES string of the molecule is CC1(C)C=C(C2CCCC2)c2cccc3nc(-c4[c-]cccc4)n1c23.CC1Sc2cccnc2-c2[c-]cccc21.[Ir]. The van der Waals surface area contributed by atoms with E-state index in [-0.39, 0.29) is 25.6 Å². The van der Waals surface area contributed by atoms with Crippen LogP contribution in [0.2, 0.25) is 0 Å². The van der Waals surface area contributed by atoms with Gasteiger partial charge in [-0.3, -0.25) is 4.98 Å². The van der Waals surface area contributed by atoms with Crippen molar-refractivity contribution in [1.29, 1.82) is 0 Å². The summed E-state index contributed by atoms with van der Waals surface area (Å²) in [5, 5.41) is 0.495. The van der Waals surface area contributed by atoms with Crippen molar-refractivity contribution in [3.05, 3.63) is 108 Å². The largest absolute Gasteiger partial charge is 0.355 e. The predicted octanol–water partition coefficient (Wildman–Crippen LogP) is 9.54. The van der Waals surface area contributed by atoms with Gasteiger partial charge in [0.15, 0.2) is 0 Å². The summed E-state index contributed by atoms with van der Waals surface area (Å²) in [7, 11) is 0. The van der Waals surface area contributed by atoms with Crippen molar-refractivity contribution < 1.29 is 20.1 Å². The first-order chi connectivity index (χ1) is 19.5. The van der Waals surface area contributed by atoms with E-state index in [0.717, 1.165) is 22.6 Å². The van der Waals surface area contributed by atoms with E-state index in [2.05, 4.69) is 91.0 Å². The van der Waals surface area contributed by atoms with Gasteiger partial charge in [0.05, 0.1) is 22.4 Å². The van der Waals surface area contributed by atoms with Gasteiger partial charge in [0.25, 0.3) is 0 Å². The van der Waals surface area contributed by atoms with E-state index in [1.807, 2.05) is 48.3 Å². The number of thioether (sulfide) groups is 1. The summed E-state index contributed by atoms with van der Waals surface area (Å²) < 4.78 is 2.42. The van der Waals surface area contributed by atoms with E-state index < -0.39 is 0 Å². The first kappa shape index (κ1) is 28.2. The number of para-hydroxylation sites is 1. The van der Waals surface area contributed by atoms with Crippen LogP contribution in [0.4, 0.5) is 0 Å². The van der Waals surface area contributed by atoms with E-state index in [1.165, 1.54) is 52.8 Å². The van der Waals surface area contributed by atoms with Crippen molar-refractivity contribution >= 4 is 28.4 Å². The van der Waals surface area contributed by atoms with Crippen LogP contribution in [-0.2, 0) is 25.6 Å². The first-order valence-corrected chi connectivity index (χ1v) is 15.2. The Morgan fingerprint density at radius 3 is 2.56 bits per heavy atom. The number of imidazole rings is 1. The van der Waals surface area contributed by atoms with Crippen LogP contribution >= 0.6 is 11.8 Å². The molecule has 0 N–H and O–H groups in total. The van der Waals surface area contributed by atoms with Crippen molar-refractivity contribution in [2.45, 2.75) is 62.1 Å². The van der Waals surface area contributed by atoms with Gasteiger partial charge in [0, 0.05) is 37.6 Å². The molecule has 41 heavy (non-hydrogen) atoms. The molecule has 0 spiro atoms. The van der Waals surface area contributed by atoms with Crippen molar-refractivity contribution in [3.63, 3.8) is 0 Å². The summed E-state index contributed by atoms with van der Waals surface area (Å²) in [6.45, 7) is 6.85. The van der Waals surface area contributed by atoms with Gasteiger partial charge >= 0.3 is 0 Å². The average molecular weight is 732 g/mol. The van der Waals surface area contributed by atoms with E-state index in [0.29, 0.717) is 11.2 Å². The Morgan fingerprint density at radius 2 is 1.76 bits per heavy atom. The summed E-state index contributed by atoms with van der Waals surface area (Å²) in [5.41, 5.74) is 9.90. The van der Waals surface area contributed by atoms with E-state index in [4.69, 9.17) is 4.98 Å². The van der Waals surface area contributed by atoms with Crippen LogP contribution in [0, 0.1) is 18.1 Å². The van der Waals surface area contributed by atoms with Gasteiger partial charge in [0.1, 0.15) is 0 Å². The van der Waals surface area contributed by atoms with Gasteiger partial charge in [-0.1, -0.05) is 44.0 Å². The zero-order chi connectivity index (χ0) is 27.3. The van der Waals surface area contributed by atoms with E-state index in [9.17, 15) is 0 Å². The van der Waals surface area contributed by atoms with Crippen LogP contribution in [0.15, 0.2) is 90.0 Å². The molecule has 0 bridgehead atoms. The predicted molar refractivity (Wildman–Crippen MR) is 166 cm³/mol. The maximum Gasteiger partial charge on any atom is 0.0777 e. The minimum absolute atomic E-state index is 0. The summed E-state index contributed by atoms with van der Waals surface area (Å²) in [4.78, 5) is 10.7. The second kappa shape index (κ2) is 11.4. The molecule has 5 heteroatoms. The van der Waals surface area contributed by atoms with Gasteiger partial charge < -0.3 is 9.55 Å². The minimum Gasteiger partial charge on any atom is -0.355 e. The van der Waals surface area contributed by atoms with Crippen LogP contribution in [0.5, 0.6) is 0 Å². The number of benzene rings is 3. The number of nitrogens with zero attached hydrogens (tertiary/aromatic N) is 3. The Morgan fingerprint density at radius 1 is 0.927 bits per heavy atom. The molecular formula is C36H33IrN3S-2. The average Bonchev–Trinajstić information content (AvgIpc) is 3.66. The van der Waals surface area contributed by atoms with Crippen LogP contribution in [0.25, 0.3) is 39.3 Å². The van der Waals surface area contributed by atoms with E-state index in [1.54, 1.807) is 5.57 Å². The molecule has 3 nitrogen and oxygen atoms in total. The summed E-state index contributed by atoms with van der Waals surface area (Å²) in [6.07, 6.45) is 9.72. The van der Waals surface area contributed by atoms with Crippen LogP contribution in [-0.4, -0.2) is 14.5 Å². The summed E-state index contributed by atoms with van der Waals surface area (Å²) >= 11 is 1.87. The molecule has 3 aromatic carbocycles. The number of hydrogen-bond acceptors (Lipinski definition) is 3. The molecule has 209 valence electrons. The topological polar surface area (TPSA) is 30.7 Å². The van der Waals surface area contributed by atoms with Gasteiger partial charge in [-0.25, -0.2) is 0 Å². The Kier molecular flexibility index (Phi) is 7.80. The quantitative estimate of drug-likeness (QED) is 0.170. The molecule has 1 aliphatic carbocycles. The number of pyridine rings is 1. The van der Waals surface area contributed by atoms with Gasteiger partial charge in [-0.2, -0.15) is 0 Å². The smallest absolute Gasteiger partial charge is 0.0777 e.